The zero-order valence-electron chi connectivity index (χ0n) is 6.86. The van der Waals surface area contributed by atoms with E-state index in [1.807, 2.05) is 0 Å². The molecule has 1 heterocycles. The molecule has 0 spiro atoms. The standard InChI is InChI=1S/C8H17IN/c1-7(2)9-8-3-5-10-6-4-8/h7-8,10H,3-6H2,1-2H3/q-1. The molecule has 0 aromatic carbocycles. The first kappa shape index (κ1) is 8.78. The summed E-state index contributed by atoms with van der Waals surface area (Å²) in [5, 5.41) is 3.41. The maximum absolute atomic E-state index is 3.41. The van der Waals surface area contributed by atoms with Gasteiger partial charge in [-0.1, -0.05) is 0 Å². The normalized spacial score (nSPS) is 22.3. The van der Waals surface area contributed by atoms with Crippen molar-refractivity contribution in [3.63, 3.8) is 0 Å². The van der Waals surface area contributed by atoms with Crippen LogP contribution < -0.4 is 26.5 Å². The monoisotopic (exact) mass is 254 g/mol. The molecule has 0 unspecified atom stereocenters. The fourth-order valence-electron chi connectivity index (χ4n) is 1.27. The Bertz CT molecular complexity index is 87.3. The van der Waals surface area contributed by atoms with Crippen LogP contribution in [-0.2, 0) is 0 Å². The van der Waals surface area contributed by atoms with E-state index in [-0.39, 0.29) is 0 Å². The quantitative estimate of drug-likeness (QED) is 0.454. The molecule has 1 saturated heterocycles. The molecule has 0 aromatic rings. The SMILES string of the molecule is CC(C)[I-]C1CCNCC1. The van der Waals surface area contributed by atoms with Crippen LogP contribution in [0.25, 0.3) is 0 Å². The molecule has 0 atom stereocenters. The van der Waals surface area contributed by atoms with E-state index in [0.717, 1.165) is 7.85 Å². The Balaban J connectivity index is 2.13. The van der Waals surface area contributed by atoms with Crippen LogP contribution in [0.2, 0.25) is 0 Å². The second kappa shape index (κ2) is 4.54. The topological polar surface area (TPSA) is 12.0 Å². The van der Waals surface area contributed by atoms with Gasteiger partial charge in [0.25, 0.3) is 0 Å². The fourth-order valence-corrected chi connectivity index (χ4v) is 4.65. The van der Waals surface area contributed by atoms with Crippen molar-refractivity contribution in [3.8, 4) is 0 Å². The summed E-state index contributed by atoms with van der Waals surface area (Å²) in [6.45, 7) is 7.29. The van der Waals surface area contributed by atoms with Gasteiger partial charge in [-0.25, -0.2) is 0 Å². The van der Waals surface area contributed by atoms with Crippen LogP contribution >= 0.6 is 0 Å². The predicted molar refractivity (Wildman–Crippen MR) is 41.0 cm³/mol. The first-order valence-electron chi connectivity index (χ1n) is 4.11. The van der Waals surface area contributed by atoms with Gasteiger partial charge in [0.15, 0.2) is 0 Å². The van der Waals surface area contributed by atoms with Crippen molar-refractivity contribution in [2.75, 3.05) is 13.1 Å². The van der Waals surface area contributed by atoms with E-state index >= 15 is 0 Å². The number of rotatable bonds is 2. The summed E-state index contributed by atoms with van der Waals surface area (Å²) in [4.78, 5) is 0. The summed E-state index contributed by atoms with van der Waals surface area (Å²) in [6.07, 6.45) is 2.90. The molecule has 2 heteroatoms. The van der Waals surface area contributed by atoms with Gasteiger partial charge in [0, 0.05) is 0 Å². The molecule has 62 valence electrons. The van der Waals surface area contributed by atoms with E-state index in [1.165, 1.54) is 25.9 Å². The molecule has 10 heavy (non-hydrogen) atoms. The van der Waals surface area contributed by atoms with E-state index in [1.54, 1.807) is 0 Å². The molecule has 1 rings (SSSR count). The molecule has 0 amide bonds. The molecule has 1 aliphatic rings. The summed E-state index contributed by atoms with van der Waals surface area (Å²) >= 11 is 0.504. The van der Waals surface area contributed by atoms with Gasteiger partial charge in [-0.3, -0.25) is 0 Å². The van der Waals surface area contributed by atoms with E-state index in [0.29, 0.717) is 21.2 Å². The molecular weight excluding hydrogens is 237 g/mol. The first-order chi connectivity index (χ1) is 4.79. The van der Waals surface area contributed by atoms with Crippen molar-refractivity contribution in [2.45, 2.75) is 34.5 Å². The molecule has 1 fully saturated rings. The average molecular weight is 254 g/mol. The van der Waals surface area contributed by atoms with Crippen LogP contribution in [0.3, 0.4) is 0 Å². The van der Waals surface area contributed by atoms with Gasteiger partial charge in [-0.15, -0.1) is 0 Å². The average Bonchev–Trinajstić information content (AvgIpc) is 1.88. The van der Waals surface area contributed by atoms with Crippen molar-refractivity contribution >= 4 is 0 Å². The number of alkyl halides is 2. The van der Waals surface area contributed by atoms with Crippen molar-refractivity contribution in [3.05, 3.63) is 0 Å². The molecule has 1 aliphatic heterocycles. The summed E-state index contributed by atoms with van der Waals surface area (Å²) in [6, 6.07) is 0. The number of nitrogens with one attached hydrogen (secondary N) is 1. The third kappa shape index (κ3) is 3.19. The third-order valence-corrected chi connectivity index (χ3v) is 5.40. The van der Waals surface area contributed by atoms with Crippen molar-refractivity contribution in [1.82, 2.24) is 5.32 Å². The maximum atomic E-state index is 3.41. The molecular formula is C8H17IN-. The second-order valence-corrected chi connectivity index (χ2v) is 8.04. The first-order valence-corrected chi connectivity index (χ1v) is 6.61. The number of hydrogen-bond acceptors (Lipinski definition) is 1. The van der Waals surface area contributed by atoms with E-state index in [2.05, 4.69) is 19.2 Å². The van der Waals surface area contributed by atoms with Crippen LogP contribution in [0.4, 0.5) is 0 Å². The number of hydrogen-bond donors (Lipinski definition) is 1. The molecule has 0 saturated carbocycles. The molecule has 0 aromatic heterocycles. The summed E-state index contributed by atoms with van der Waals surface area (Å²) in [7, 11) is 0. The zero-order chi connectivity index (χ0) is 7.40. The molecule has 0 bridgehead atoms. The minimum absolute atomic E-state index is 0.504. The Kier molecular flexibility index (Phi) is 3.99. The molecule has 0 aliphatic carbocycles. The third-order valence-electron chi connectivity index (χ3n) is 1.70. The fraction of sp³-hybridized carbons (Fsp3) is 1.00. The van der Waals surface area contributed by atoms with Gasteiger partial charge < -0.3 is 0 Å². The molecule has 1 N–H and O–H groups in total. The predicted octanol–water partition coefficient (Wildman–Crippen LogP) is -1.76. The Morgan fingerprint density at radius 1 is 1.30 bits per heavy atom. The second-order valence-electron chi connectivity index (χ2n) is 3.06. The summed E-state index contributed by atoms with van der Waals surface area (Å²) < 4.78 is 2.13. The van der Waals surface area contributed by atoms with Gasteiger partial charge in [0.2, 0.25) is 0 Å². The van der Waals surface area contributed by atoms with Crippen LogP contribution in [0.1, 0.15) is 26.7 Å². The van der Waals surface area contributed by atoms with Gasteiger partial charge >= 0.3 is 74.1 Å². The molecule has 0 radical (unpaired) electrons. The van der Waals surface area contributed by atoms with Crippen LogP contribution in [-0.4, -0.2) is 20.9 Å². The Labute approximate surface area is 74.2 Å². The van der Waals surface area contributed by atoms with Crippen molar-refractivity contribution in [2.24, 2.45) is 0 Å². The summed E-state index contributed by atoms with van der Waals surface area (Å²) in [5.41, 5.74) is 0. The minimum atomic E-state index is 0.504. The van der Waals surface area contributed by atoms with E-state index in [9.17, 15) is 0 Å². The van der Waals surface area contributed by atoms with Crippen LogP contribution in [0, 0.1) is 0 Å². The van der Waals surface area contributed by atoms with Gasteiger partial charge in [0.1, 0.15) is 0 Å². The van der Waals surface area contributed by atoms with Gasteiger partial charge in [-0.2, -0.15) is 0 Å². The van der Waals surface area contributed by atoms with Gasteiger partial charge in [-0.05, 0) is 0 Å². The zero-order valence-corrected chi connectivity index (χ0v) is 9.02. The van der Waals surface area contributed by atoms with Crippen LogP contribution in [0.15, 0.2) is 0 Å². The van der Waals surface area contributed by atoms with Crippen molar-refractivity contribution in [1.29, 1.82) is 0 Å². The van der Waals surface area contributed by atoms with Gasteiger partial charge in [0.05, 0.1) is 0 Å². The molecule has 1 nitrogen and oxygen atoms in total. The number of piperidine rings is 1. The van der Waals surface area contributed by atoms with E-state index in [4.69, 9.17) is 0 Å². The Morgan fingerprint density at radius 2 is 1.90 bits per heavy atom. The van der Waals surface area contributed by atoms with Crippen molar-refractivity contribution < 1.29 is 21.2 Å². The Hall–Kier alpha value is 0.690. The van der Waals surface area contributed by atoms with Crippen LogP contribution in [0.5, 0.6) is 0 Å². The number of halogens is 1. The summed E-state index contributed by atoms with van der Waals surface area (Å²) in [5.74, 6) is 0. The Morgan fingerprint density at radius 3 is 2.40 bits per heavy atom. The van der Waals surface area contributed by atoms with E-state index < -0.39 is 0 Å².